The number of nitrogens with zero attached hydrogens (tertiary/aromatic N) is 8. The van der Waals surface area contributed by atoms with Gasteiger partial charge in [-0.25, -0.2) is 38.9 Å². The summed E-state index contributed by atoms with van der Waals surface area (Å²) in [5, 5.41) is 9.80. The van der Waals surface area contributed by atoms with Gasteiger partial charge in [0.15, 0.2) is 12.1 Å². The molecule has 2 N–H and O–H groups in total. The molecule has 22 heteroatoms. The van der Waals surface area contributed by atoms with Crippen molar-refractivity contribution < 1.29 is 48.0 Å². The molecule has 0 saturated carbocycles. The van der Waals surface area contributed by atoms with Gasteiger partial charge in [0, 0.05) is 36.3 Å². The number of esters is 1. The molecular weight excluding hydrogens is 1020 g/mol. The van der Waals surface area contributed by atoms with Crippen LogP contribution in [-0.4, -0.2) is 122 Å². The summed E-state index contributed by atoms with van der Waals surface area (Å²) in [6.45, 7) is 25.1. The van der Waals surface area contributed by atoms with Gasteiger partial charge in [-0.2, -0.15) is 0 Å². The van der Waals surface area contributed by atoms with Crippen molar-refractivity contribution in [3.8, 4) is 0 Å². The van der Waals surface area contributed by atoms with Gasteiger partial charge >= 0.3 is 30.2 Å². The van der Waals surface area contributed by atoms with E-state index in [1.807, 2.05) is 59.7 Å². The third-order valence-electron chi connectivity index (χ3n) is 12.5. The first-order chi connectivity index (χ1) is 37.0. The molecule has 6 heterocycles. The predicted octanol–water partition coefficient (Wildman–Crippen LogP) is 6.89. The topological polar surface area (TPSA) is 268 Å². The van der Waals surface area contributed by atoms with Crippen molar-refractivity contribution in [2.45, 2.75) is 158 Å². The number of hydrogen-bond donors (Lipinski definition) is 2. The number of carbonyl (C=O) groups is 5. The molecule has 2 unspecified atom stereocenters. The number of rotatable bonds is 7. The first kappa shape index (κ1) is 60.1. The van der Waals surface area contributed by atoms with Crippen molar-refractivity contribution in [3.63, 3.8) is 0 Å². The number of benzene rings is 2. The van der Waals surface area contributed by atoms with Crippen LogP contribution in [0.1, 0.15) is 144 Å². The number of fused-ring (bicyclic) bond motifs is 3. The standard InChI is InChI=1S/C23H29N3O5.C21H25N3O5.C13H19N3O3/c1-6-30-21(28)19(16-10-8-7-9-11-16)26-15(2)24-18-14-25(13-12-17(18)20(26)27)22(29)31-23(3,4)5;1-13-22-16-12-23(20(28)29-21(2,3)4)11-10-15(16)18(25)24(13)17(19(26)27)14-8-6-5-7-9-14;1-8-14-10-7-16(12(18)19-13(2,3)4)6-5-9(10)11(17)15-8/h7-11,19H,6,12-14H2,1-5H3;5-9,17H,10-12H2,1-4H3,(H,26,27);5-7H2,1-4H3,(H,14,15,17). The van der Waals surface area contributed by atoms with Crippen LogP contribution in [0.4, 0.5) is 14.4 Å². The molecule has 0 aliphatic carbocycles. The molecule has 3 amide bonds. The van der Waals surface area contributed by atoms with Crippen molar-refractivity contribution in [2.24, 2.45) is 0 Å². The Bertz CT molecular complexity index is 3240. The van der Waals surface area contributed by atoms with E-state index in [1.165, 1.54) is 14.0 Å². The van der Waals surface area contributed by atoms with E-state index in [2.05, 4.69) is 19.9 Å². The molecular formula is C57H73N9O13. The normalized spacial score (nSPS) is 14.8. The summed E-state index contributed by atoms with van der Waals surface area (Å²) < 4.78 is 24.1. The van der Waals surface area contributed by atoms with Crippen molar-refractivity contribution in [1.82, 2.24) is 43.8 Å². The molecule has 3 aromatic heterocycles. The smallest absolute Gasteiger partial charge is 0.410 e. The molecule has 424 valence electrons. The molecule has 3 aliphatic rings. The predicted molar refractivity (Wildman–Crippen MR) is 291 cm³/mol. The van der Waals surface area contributed by atoms with Gasteiger partial charge in [-0.05, 0) is 120 Å². The van der Waals surface area contributed by atoms with E-state index < -0.39 is 53.0 Å². The van der Waals surface area contributed by atoms with Crippen LogP contribution >= 0.6 is 0 Å². The second kappa shape index (κ2) is 24.7. The Kier molecular flexibility index (Phi) is 18.7. The zero-order valence-corrected chi connectivity index (χ0v) is 47.4. The number of aromatic amines is 1. The van der Waals surface area contributed by atoms with E-state index in [-0.39, 0.29) is 48.3 Å². The lowest BCUT2D eigenvalue weighted by atomic mass is 10.0. The highest BCUT2D eigenvalue weighted by Gasteiger charge is 2.35. The molecule has 8 rings (SSSR count). The lowest BCUT2D eigenvalue weighted by Gasteiger charge is -2.31. The van der Waals surface area contributed by atoms with Crippen LogP contribution in [0.2, 0.25) is 0 Å². The first-order valence-corrected chi connectivity index (χ1v) is 26.2. The van der Waals surface area contributed by atoms with E-state index in [1.54, 1.807) is 101 Å². The van der Waals surface area contributed by atoms with Gasteiger partial charge in [-0.3, -0.25) is 23.5 Å². The molecule has 2 aromatic carbocycles. The number of nitrogens with one attached hydrogen (secondary N) is 1. The van der Waals surface area contributed by atoms with Gasteiger partial charge in [0.2, 0.25) is 0 Å². The monoisotopic (exact) mass is 1090 g/mol. The van der Waals surface area contributed by atoms with Crippen molar-refractivity contribution >= 4 is 30.2 Å². The number of aliphatic carboxylic acids is 1. The number of amides is 3. The Morgan fingerprint density at radius 2 is 0.911 bits per heavy atom. The van der Waals surface area contributed by atoms with E-state index in [0.29, 0.717) is 102 Å². The molecule has 0 bridgehead atoms. The molecule has 5 aromatic rings. The fraction of sp³-hybridized carbons (Fsp3) is 0.491. The van der Waals surface area contributed by atoms with Crippen LogP contribution in [0.5, 0.6) is 0 Å². The van der Waals surface area contributed by atoms with Gasteiger partial charge in [-0.15, -0.1) is 0 Å². The highest BCUT2D eigenvalue weighted by molar-refractivity contribution is 5.78. The maximum absolute atomic E-state index is 13.4. The Labute approximate surface area is 458 Å². The second-order valence-corrected chi connectivity index (χ2v) is 22.3. The molecule has 0 radical (unpaired) electrons. The fourth-order valence-corrected chi connectivity index (χ4v) is 9.15. The number of ether oxygens (including phenoxy) is 4. The number of carboxylic acid groups (broad SMARTS) is 1. The Balaban J connectivity index is 0.000000197. The van der Waals surface area contributed by atoms with Crippen LogP contribution in [0.25, 0.3) is 0 Å². The summed E-state index contributed by atoms with van der Waals surface area (Å²) in [7, 11) is 0. The lowest BCUT2D eigenvalue weighted by Crippen LogP contribution is -2.44. The Hall–Kier alpha value is -8.17. The second-order valence-electron chi connectivity index (χ2n) is 22.3. The third-order valence-corrected chi connectivity index (χ3v) is 12.5. The fourth-order valence-electron chi connectivity index (χ4n) is 9.15. The summed E-state index contributed by atoms with van der Waals surface area (Å²) in [4.78, 5) is 121. The van der Waals surface area contributed by atoms with Crippen molar-refractivity contribution in [1.29, 1.82) is 0 Å². The van der Waals surface area contributed by atoms with Crippen LogP contribution < -0.4 is 16.7 Å². The number of H-pyrrole nitrogens is 1. The van der Waals surface area contributed by atoms with Gasteiger partial charge in [0.05, 0.1) is 43.3 Å². The average Bonchev–Trinajstić information content (AvgIpc) is 3.45. The summed E-state index contributed by atoms with van der Waals surface area (Å²) in [5.74, 6) is -0.399. The minimum Gasteiger partial charge on any atom is -0.479 e. The van der Waals surface area contributed by atoms with Crippen LogP contribution in [-0.2, 0) is 67.4 Å². The third kappa shape index (κ3) is 15.3. The summed E-state index contributed by atoms with van der Waals surface area (Å²) >= 11 is 0. The average molecular weight is 1090 g/mol. The molecule has 0 fully saturated rings. The molecule has 22 nitrogen and oxygen atoms in total. The quantitative estimate of drug-likeness (QED) is 0.124. The highest BCUT2D eigenvalue weighted by Crippen LogP contribution is 2.26. The number of carbonyl (C=O) groups excluding carboxylic acids is 4. The maximum Gasteiger partial charge on any atom is 0.410 e. The van der Waals surface area contributed by atoms with E-state index in [4.69, 9.17) is 18.9 Å². The summed E-state index contributed by atoms with van der Waals surface area (Å²) in [5.41, 5.74) is 1.95. The van der Waals surface area contributed by atoms with Gasteiger partial charge < -0.3 is 43.7 Å². The number of hydrogen-bond acceptors (Lipinski definition) is 15. The number of carboxylic acids is 1. The van der Waals surface area contributed by atoms with Gasteiger partial charge in [0.1, 0.15) is 34.3 Å². The van der Waals surface area contributed by atoms with E-state index in [9.17, 15) is 43.5 Å². The van der Waals surface area contributed by atoms with Crippen LogP contribution in [0.3, 0.4) is 0 Å². The first-order valence-electron chi connectivity index (χ1n) is 26.2. The molecule has 2 atom stereocenters. The van der Waals surface area contributed by atoms with Crippen molar-refractivity contribution in [3.05, 3.63) is 154 Å². The van der Waals surface area contributed by atoms with Gasteiger partial charge in [0.25, 0.3) is 16.7 Å². The lowest BCUT2D eigenvalue weighted by molar-refractivity contribution is -0.146. The van der Waals surface area contributed by atoms with Crippen LogP contribution in [0.15, 0.2) is 75.0 Å². The molecule has 79 heavy (non-hydrogen) atoms. The summed E-state index contributed by atoms with van der Waals surface area (Å²) in [6.07, 6.45) is -0.114. The van der Waals surface area contributed by atoms with Crippen molar-refractivity contribution in [2.75, 3.05) is 26.2 Å². The Morgan fingerprint density at radius 1 is 0.557 bits per heavy atom. The van der Waals surface area contributed by atoms with E-state index in [0.717, 1.165) is 0 Å². The number of aromatic nitrogens is 6. The molecule has 0 spiro atoms. The molecule has 0 saturated heterocycles. The van der Waals surface area contributed by atoms with Crippen LogP contribution in [0, 0.1) is 20.8 Å². The molecule has 3 aliphatic heterocycles. The SMILES string of the molecule is CCOC(=O)C(c1ccccc1)n1c(C)nc2c(c1=O)CCN(C(=O)OC(C)(C)C)C2.Cc1nc2c(c(=O)[nH]1)CCN(C(=O)OC(C)(C)C)C2.Cc1nc2c(c(=O)n1C(C(=O)O)c1ccccc1)CCN(C(=O)OC(C)(C)C)C2. The Morgan fingerprint density at radius 3 is 1.28 bits per heavy atom. The van der Waals surface area contributed by atoms with Gasteiger partial charge in [-0.1, -0.05) is 60.7 Å². The zero-order valence-electron chi connectivity index (χ0n) is 47.4. The number of aryl methyl sites for hydroxylation is 3. The largest absolute Gasteiger partial charge is 0.479 e. The van der Waals surface area contributed by atoms with E-state index >= 15 is 0 Å². The minimum atomic E-state index is -1.16. The highest BCUT2D eigenvalue weighted by atomic mass is 16.6. The maximum atomic E-state index is 13.4. The minimum absolute atomic E-state index is 0.105. The summed E-state index contributed by atoms with van der Waals surface area (Å²) in [6, 6.07) is 15.6. The zero-order chi connectivity index (χ0) is 58.3.